The summed E-state index contributed by atoms with van der Waals surface area (Å²) in [5.74, 6) is 0.337. The Labute approximate surface area is 139 Å². The Bertz CT molecular complexity index is 669. The molecule has 3 rings (SSSR count). The molecule has 1 atom stereocenters. The summed E-state index contributed by atoms with van der Waals surface area (Å²) >= 11 is 1.64. The van der Waals surface area contributed by atoms with E-state index in [2.05, 4.69) is 5.32 Å². The van der Waals surface area contributed by atoms with Crippen molar-refractivity contribution in [1.29, 1.82) is 0 Å². The summed E-state index contributed by atoms with van der Waals surface area (Å²) in [5.41, 5.74) is 1.20. The molecule has 1 heterocycles. The molecule has 5 heteroatoms. The van der Waals surface area contributed by atoms with E-state index in [0.717, 1.165) is 30.1 Å². The number of halogens is 1. The molecule has 0 saturated carbocycles. The smallest absolute Gasteiger partial charge is 0.256 e. The molecule has 1 fully saturated rings. The van der Waals surface area contributed by atoms with E-state index in [9.17, 15) is 9.18 Å². The van der Waals surface area contributed by atoms with Crippen molar-refractivity contribution < 1.29 is 13.9 Å². The van der Waals surface area contributed by atoms with Gasteiger partial charge >= 0.3 is 0 Å². The Kier molecular flexibility index (Phi) is 5.31. The van der Waals surface area contributed by atoms with E-state index in [0.29, 0.717) is 11.3 Å². The average molecular weight is 331 g/mol. The van der Waals surface area contributed by atoms with Crippen LogP contribution in [0.2, 0.25) is 0 Å². The van der Waals surface area contributed by atoms with Crippen LogP contribution in [-0.4, -0.2) is 24.4 Å². The molecular formula is C18H18FNO2S. The second-order valence-electron chi connectivity index (χ2n) is 5.40. The van der Waals surface area contributed by atoms with Crippen molar-refractivity contribution in [2.75, 3.05) is 17.7 Å². The fourth-order valence-corrected chi connectivity index (χ4v) is 3.59. The summed E-state index contributed by atoms with van der Waals surface area (Å²) < 4.78 is 18.6. The number of rotatable bonds is 5. The van der Waals surface area contributed by atoms with Crippen molar-refractivity contribution in [3.8, 4) is 0 Å². The Morgan fingerprint density at radius 3 is 2.74 bits per heavy atom. The lowest BCUT2D eigenvalue weighted by atomic mass is 10.2. The number of carbonyl (C=O) groups excluding carboxylic acids is 1. The zero-order valence-electron chi connectivity index (χ0n) is 12.6. The van der Waals surface area contributed by atoms with Crippen LogP contribution in [0.4, 0.5) is 10.1 Å². The highest BCUT2D eigenvalue weighted by Gasteiger charge is 2.18. The fraction of sp³-hybridized carbons (Fsp3) is 0.278. The molecule has 23 heavy (non-hydrogen) atoms. The van der Waals surface area contributed by atoms with Gasteiger partial charge in [0.05, 0.1) is 11.7 Å². The van der Waals surface area contributed by atoms with Crippen LogP contribution in [0.15, 0.2) is 53.4 Å². The molecule has 0 unspecified atom stereocenters. The van der Waals surface area contributed by atoms with Crippen molar-refractivity contribution in [1.82, 2.24) is 0 Å². The Balaban J connectivity index is 1.68. The van der Waals surface area contributed by atoms with E-state index in [1.807, 2.05) is 18.2 Å². The van der Waals surface area contributed by atoms with Crippen LogP contribution in [-0.2, 0) is 4.74 Å². The zero-order valence-corrected chi connectivity index (χ0v) is 13.4. The molecule has 120 valence electrons. The van der Waals surface area contributed by atoms with Gasteiger partial charge in [0.2, 0.25) is 0 Å². The van der Waals surface area contributed by atoms with E-state index < -0.39 is 0 Å². The lowest BCUT2D eigenvalue weighted by Gasteiger charge is -2.12. The first kappa shape index (κ1) is 16.0. The number of ether oxygens (including phenoxy) is 1. The molecule has 1 saturated heterocycles. The first-order valence-corrected chi connectivity index (χ1v) is 8.61. The molecule has 0 radical (unpaired) electrons. The Morgan fingerprint density at radius 2 is 2.00 bits per heavy atom. The van der Waals surface area contributed by atoms with Gasteiger partial charge < -0.3 is 10.1 Å². The first-order chi connectivity index (χ1) is 11.2. The average Bonchev–Trinajstić information content (AvgIpc) is 3.09. The third-order valence-electron chi connectivity index (χ3n) is 3.68. The molecule has 2 aromatic carbocycles. The van der Waals surface area contributed by atoms with Gasteiger partial charge in [-0.15, -0.1) is 11.8 Å². The summed E-state index contributed by atoms with van der Waals surface area (Å²) in [5, 5.41) is 2.80. The van der Waals surface area contributed by atoms with Crippen LogP contribution < -0.4 is 5.32 Å². The molecule has 0 aliphatic carbocycles. The van der Waals surface area contributed by atoms with Crippen LogP contribution in [0.5, 0.6) is 0 Å². The predicted octanol–water partition coefficient (Wildman–Crippen LogP) is 4.35. The molecule has 2 aromatic rings. The Hall–Kier alpha value is -1.85. The lowest BCUT2D eigenvalue weighted by molar-refractivity contribution is 0.102. The van der Waals surface area contributed by atoms with Gasteiger partial charge in [-0.05, 0) is 49.2 Å². The number of hydrogen-bond donors (Lipinski definition) is 1. The normalized spacial score (nSPS) is 17.2. The van der Waals surface area contributed by atoms with E-state index in [1.54, 1.807) is 30.0 Å². The molecule has 1 N–H and O–H groups in total. The largest absolute Gasteiger partial charge is 0.377 e. The van der Waals surface area contributed by atoms with Crippen molar-refractivity contribution >= 4 is 23.4 Å². The third kappa shape index (κ3) is 4.33. The lowest BCUT2D eigenvalue weighted by Crippen LogP contribution is -2.14. The monoisotopic (exact) mass is 331 g/mol. The maximum atomic E-state index is 12.9. The van der Waals surface area contributed by atoms with Gasteiger partial charge in [0.1, 0.15) is 5.82 Å². The van der Waals surface area contributed by atoms with Crippen molar-refractivity contribution in [2.24, 2.45) is 0 Å². The van der Waals surface area contributed by atoms with Gasteiger partial charge in [0.15, 0.2) is 0 Å². The number of anilines is 1. The number of amides is 1. The van der Waals surface area contributed by atoms with E-state index in [1.165, 1.54) is 12.1 Å². The minimum Gasteiger partial charge on any atom is -0.377 e. The molecule has 1 amide bonds. The maximum Gasteiger partial charge on any atom is 0.256 e. The van der Waals surface area contributed by atoms with E-state index in [4.69, 9.17) is 4.74 Å². The Morgan fingerprint density at radius 1 is 1.22 bits per heavy atom. The maximum absolute atomic E-state index is 12.9. The standard InChI is InChI=1S/C18H18FNO2S/c19-13-7-9-14(10-8-13)20-18(21)16-5-1-2-6-17(16)23-12-15-4-3-11-22-15/h1-2,5-10,15H,3-4,11-12H2,(H,20,21)/t15-/m1/s1. The highest BCUT2D eigenvalue weighted by atomic mass is 32.2. The summed E-state index contributed by atoms with van der Waals surface area (Å²) in [4.78, 5) is 13.4. The second-order valence-corrected chi connectivity index (χ2v) is 6.47. The molecule has 0 spiro atoms. The van der Waals surface area contributed by atoms with Crippen molar-refractivity contribution in [3.63, 3.8) is 0 Å². The van der Waals surface area contributed by atoms with Gasteiger partial charge in [-0.25, -0.2) is 4.39 Å². The van der Waals surface area contributed by atoms with E-state index in [-0.39, 0.29) is 17.8 Å². The fourth-order valence-electron chi connectivity index (χ4n) is 2.47. The predicted molar refractivity (Wildman–Crippen MR) is 90.5 cm³/mol. The summed E-state index contributed by atoms with van der Waals surface area (Å²) in [6.45, 7) is 0.831. The highest BCUT2D eigenvalue weighted by Crippen LogP contribution is 2.27. The zero-order chi connectivity index (χ0) is 16.1. The summed E-state index contributed by atoms with van der Waals surface area (Å²) in [7, 11) is 0. The first-order valence-electron chi connectivity index (χ1n) is 7.63. The van der Waals surface area contributed by atoms with Crippen LogP contribution in [0, 0.1) is 5.82 Å². The molecule has 0 aromatic heterocycles. The third-order valence-corrected chi connectivity index (χ3v) is 4.89. The molecule has 0 bridgehead atoms. The van der Waals surface area contributed by atoms with Gasteiger partial charge in [0.25, 0.3) is 5.91 Å². The molecular weight excluding hydrogens is 313 g/mol. The van der Waals surface area contributed by atoms with Crippen molar-refractivity contribution in [3.05, 3.63) is 59.9 Å². The minimum atomic E-state index is -0.324. The second kappa shape index (κ2) is 7.62. The summed E-state index contributed by atoms with van der Waals surface area (Å²) in [6, 6.07) is 13.3. The highest BCUT2D eigenvalue weighted by molar-refractivity contribution is 7.99. The number of hydrogen-bond acceptors (Lipinski definition) is 3. The van der Waals surface area contributed by atoms with Crippen LogP contribution >= 0.6 is 11.8 Å². The van der Waals surface area contributed by atoms with Gasteiger partial charge in [-0.2, -0.15) is 0 Å². The summed E-state index contributed by atoms with van der Waals surface area (Å²) in [6.07, 6.45) is 2.46. The quantitative estimate of drug-likeness (QED) is 0.828. The van der Waals surface area contributed by atoms with Gasteiger partial charge in [-0.1, -0.05) is 12.1 Å². The van der Waals surface area contributed by atoms with Gasteiger partial charge in [-0.3, -0.25) is 4.79 Å². The van der Waals surface area contributed by atoms with Crippen molar-refractivity contribution in [2.45, 2.75) is 23.8 Å². The SMILES string of the molecule is O=C(Nc1ccc(F)cc1)c1ccccc1SC[C@H]1CCCO1. The number of benzene rings is 2. The number of thioether (sulfide) groups is 1. The van der Waals surface area contributed by atoms with Crippen LogP contribution in [0.25, 0.3) is 0 Å². The number of carbonyl (C=O) groups is 1. The van der Waals surface area contributed by atoms with Crippen LogP contribution in [0.3, 0.4) is 0 Å². The molecule has 1 aliphatic heterocycles. The van der Waals surface area contributed by atoms with Gasteiger partial charge in [0, 0.05) is 22.9 Å². The van der Waals surface area contributed by atoms with Crippen LogP contribution in [0.1, 0.15) is 23.2 Å². The van der Waals surface area contributed by atoms with E-state index >= 15 is 0 Å². The molecule has 3 nitrogen and oxygen atoms in total. The molecule has 1 aliphatic rings. The minimum absolute atomic E-state index is 0.188. The number of nitrogens with one attached hydrogen (secondary N) is 1. The topological polar surface area (TPSA) is 38.3 Å².